The highest BCUT2D eigenvalue weighted by molar-refractivity contribution is 7.98. The van der Waals surface area contributed by atoms with Gasteiger partial charge in [-0.05, 0) is 61.2 Å². The zero-order valence-electron chi connectivity index (χ0n) is 16.6. The molecule has 0 spiro atoms. The third-order valence-corrected chi connectivity index (χ3v) is 6.30. The van der Waals surface area contributed by atoms with Crippen LogP contribution in [0.4, 0.5) is 10.8 Å². The molecule has 0 bridgehead atoms. The second-order valence-electron chi connectivity index (χ2n) is 6.64. The average molecular weight is 436 g/mol. The largest absolute Gasteiger partial charge is 0.459 e. The summed E-state index contributed by atoms with van der Waals surface area (Å²) >= 11 is 3.25. The predicted molar refractivity (Wildman–Crippen MR) is 124 cm³/mol. The molecule has 0 saturated carbocycles. The van der Waals surface area contributed by atoms with Crippen molar-refractivity contribution in [2.24, 2.45) is 0 Å². The number of nitrogens with one attached hydrogen (secondary N) is 2. The molecule has 152 valence electrons. The zero-order valence-corrected chi connectivity index (χ0v) is 18.2. The standard InChI is InChI=1S/C23H21N3O2S2/c1-15-14-18(23(30-15)26-22(27)19-6-5-13-28-19)21(25-20-7-3-4-12-24-20)16-8-10-17(29-2)11-9-16/h3-14,21H,1-2H3,(H,24,25)(H,26,27). The van der Waals surface area contributed by atoms with Crippen molar-refractivity contribution in [3.8, 4) is 0 Å². The van der Waals surface area contributed by atoms with Crippen LogP contribution in [0.15, 0.2) is 82.4 Å². The molecule has 0 aliphatic carbocycles. The molecule has 30 heavy (non-hydrogen) atoms. The van der Waals surface area contributed by atoms with Crippen molar-refractivity contribution in [2.75, 3.05) is 16.9 Å². The molecule has 3 aromatic heterocycles. The first kappa shape index (κ1) is 20.3. The maximum Gasteiger partial charge on any atom is 0.291 e. The lowest BCUT2D eigenvalue weighted by Gasteiger charge is -2.21. The van der Waals surface area contributed by atoms with E-state index in [4.69, 9.17) is 4.42 Å². The van der Waals surface area contributed by atoms with E-state index in [9.17, 15) is 4.79 Å². The Labute approximate surface area is 183 Å². The summed E-state index contributed by atoms with van der Waals surface area (Å²) in [5, 5.41) is 7.33. The molecule has 0 aliphatic rings. The van der Waals surface area contributed by atoms with Crippen molar-refractivity contribution in [3.05, 3.63) is 94.9 Å². The summed E-state index contributed by atoms with van der Waals surface area (Å²) in [5.41, 5.74) is 2.07. The van der Waals surface area contributed by atoms with Gasteiger partial charge in [0.1, 0.15) is 10.8 Å². The minimum Gasteiger partial charge on any atom is -0.459 e. The minimum atomic E-state index is -0.266. The molecule has 7 heteroatoms. The van der Waals surface area contributed by atoms with Gasteiger partial charge < -0.3 is 15.1 Å². The van der Waals surface area contributed by atoms with Gasteiger partial charge in [0.2, 0.25) is 0 Å². The molecule has 3 heterocycles. The number of aromatic nitrogens is 1. The molecule has 0 saturated heterocycles. The van der Waals surface area contributed by atoms with Crippen LogP contribution in [0.2, 0.25) is 0 Å². The Kier molecular flexibility index (Phi) is 6.21. The predicted octanol–water partition coefficient (Wildman–Crippen LogP) is 6.22. The van der Waals surface area contributed by atoms with Crippen molar-refractivity contribution in [2.45, 2.75) is 17.9 Å². The van der Waals surface area contributed by atoms with E-state index in [1.165, 1.54) is 11.2 Å². The van der Waals surface area contributed by atoms with Gasteiger partial charge in [-0.1, -0.05) is 18.2 Å². The SMILES string of the molecule is CSc1ccc(C(Nc2ccccn2)c2cc(C)sc2NC(=O)c2ccco2)cc1. The Morgan fingerprint density at radius 3 is 2.63 bits per heavy atom. The highest BCUT2D eigenvalue weighted by atomic mass is 32.2. The summed E-state index contributed by atoms with van der Waals surface area (Å²) in [4.78, 5) is 19.3. The van der Waals surface area contributed by atoms with Gasteiger partial charge in [0, 0.05) is 21.5 Å². The Morgan fingerprint density at radius 1 is 1.13 bits per heavy atom. The van der Waals surface area contributed by atoms with Gasteiger partial charge in [0.25, 0.3) is 5.91 Å². The summed E-state index contributed by atoms with van der Waals surface area (Å²) in [6, 6.07) is 19.5. The zero-order chi connectivity index (χ0) is 20.9. The van der Waals surface area contributed by atoms with Crippen LogP contribution >= 0.6 is 23.1 Å². The van der Waals surface area contributed by atoms with Gasteiger partial charge in [-0.15, -0.1) is 23.1 Å². The number of amides is 1. The molecule has 0 fully saturated rings. The van der Waals surface area contributed by atoms with E-state index in [-0.39, 0.29) is 17.7 Å². The molecule has 0 aliphatic heterocycles. The number of rotatable bonds is 7. The van der Waals surface area contributed by atoms with E-state index < -0.39 is 0 Å². The van der Waals surface area contributed by atoms with Gasteiger partial charge in [-0.2, -0.15) is 0 Å². The van der Waals surface area contributed by atoms with Crippen molar-refractivity contribution in [1.82, 2.24) is 4.98 Å². The molecule has 1 atom stereocenters. The van der Waals surface area contributed by atoms with Crippen LogP contribution in [0.5, 0.6) is 0 Å². The number of aryl methyl sites for hydroxylation is 1. The van der Waals surface area contributed by atoms with E-state index in [0.717, 1.165) is 26.8 Å². The average Bonchev–Trinajstić information content (AvgIpc) is 3.43. The van der Waals surface area contributed by atoms with E-state index in [1.54, 1.807) is 41.4 Å². The molecule has 1 unspecified atom stereocenters. The first-order valence-corrected chi connectivity index (χ1v) is 11.4. The van der Waals surface area contributed by atoms with Crippen LogP contribution in [-0.4, -0.2) is 17.1 Å². The van der Waals surface area contributed by atoms with Gasteiger partial charge in [0.05, 0.1) is 12.3 Å². The number of hydrogen-bond acceptors (Lipinski definition) is 6. The van der Waals surface area contributed by atoms with Crippen molar-refractivity contribution in [1.29, 1.82) is 0 Å². The lowest BCUT2D eigenvalue weighted by molar-refractivity contribution is 0.0997. The van der Waals surface area contributed by atoms with E-state index in [2.05, 4.69) is 52.2 Å². The van der Waals surface area contributed by atoms with Gasteiger partial charge in [0.15, 0.2) is 5.76 Å². The van der Waals surface area contributed by atoms with Crippen molar-refractivity contribution < 1.29 is 9.21 Å². The number of carbonyl (C=O) groups is 1. The molecule has 1 amide bonds. The lowest BCUT2D eigenvalue weighted by atomic mass is 10.00. The van der Waals surface area contributed by atoms with E-state index in [0.29, 0.717) is 0 Å². The highest BCUT2D eigenvalue weighted by Gasteiger charge is 2.22. The van der Waals surface area contributed by atoms with Crippen LogP contribution in [0, 0.1) is 6.92 Å². The minimum absolute atomic E-state index is 0.173. The number of nitrogens with zero attached hydrogens (tertiary/aromatic N) is 1. The first-order chi connectivity index (χ1) is 14.6. The third-order valence-electron chi connectivity index (χ3n) is 4.57. The van der Waals surface area contributed by atoms with E-state index >= 15 is 0 Å². The quantitative estimate of drug-likeness (QED) is 0.337. The van der Waals surface area contributed by atoms with Crippen LogP contribution in [-0.2, 0) is 0 Å². The second kappa shape index (κ2) is 9.19. The Bertz CT molecular complexity index is 1110. The topological polar surface area (TPSA) is 67.2 Å². The molecular formula is C23H21N3O2S2. The Hall–Kier alpha value is -3.03. The fourth-order valence-corrected chi connectivity index (χ4v) is 4.51. The van der Waals surface area contributed by atoms with E-state index in [1.807, 2.05) is 25.1 Å². The number of thioether (sulfide) groups is 1. The maximum atomic E-state index is 12.6. The molecule has 0 radical (unpaired) electrons. The highest BCUT2D eigenvalue weighted by Crippen LogP contribution is 2.38. The number of furan rings is 1. The Balaban J connectivity index is 1.71. The molecule has 2 N–H and O–H groups in total. The molecule has 4 rings (SSSR count). The van der Waals surface area contributed by atoms with Crippen molar-refractivity contribution >= 4 is 39.8 Å². The number of carbonyl (C=O) groups excluding carboxylic acids is 1. The van der Waals surface area contributed by atoms with Gasteiger partial charge in [-0.25, -0.2) is 4.98 Å². The Morgan fingerprint density at radius 2 is 1.97 bits per heavy atom. The third kappa shape index (κ3) is 4.58. The fourth-order valence-electron chi connectivity index (χ4n) is 3.15. The fraction of sp³-hybridized carbons (Fsp3) is 0.130. The van der Waals surface area contributed by atoms with Crippen LogP contribution in [0.3, 0.4) is 0 Å². The summed E-state index contributed by atoms with van der Waals surface area (Å²) in [6.45, 7) is 2.03. The molecule has 1 aromatic carbocycles. The number of hydrogen-bond donors (Lipinski definition) is 2. The molecule has 5 nitrogen and oxygen atoms in total. The molecular weight excluding hydrogens is 414 g/mol. The summed E-state index contributed by atoms with van der Waals surface area (Å²) in [5.74, 6) is 0.784. The first-order valence-electron chi connectivity index (χ1n) is 9.41. The maximum absolute atomic E-state index is 12.6. The summed E-state index contributed by atoms with van der Waals surface area (Å²) in [6.07, 6.45) is 5.31. The van der Waals surface area contributed by atoms with Gasteiger partial charge in [-0.3, -0.25) is 4.79 Å². The smallest absolute Gasteiger partial charge is 0.291 e. The van der Waals surface area contributed by atoms with Crippen LogP contribution in [0.1, 0.15) is 32.6 Å². The molecule has 4 aromatic rings. The van der Waals surface area contributed by atoms with Gasteiger partial charge >= 0.3 is 0 Å². The van der Waals surface area contributed by atoms with Crippen LogP contribution in [0.25, 0.3) is 0 Å². The van der Waals surface area contributed by atoms with Crippen LogP contribution < -0.4 is 10.6 Å². The monoisotopic (exact) mass is 435 g/mol. The normalized spacial score (nSPS) is 11.8. The number of thiophene rings is 1. The van der Waals surface area contributed by atoms with Crippen molar-refractivity contribution in [3.63, 3.8) is 0 Å². The number of anilines is 2. The number of pyridine rings is 1. The summed E-state index contributed by atoms with van der Waals surface area (Å²) < 4.78 is 5.25. The number of benzene rings is 1. The summed E-state index contributed by atoms with van der Waals surface area (Å²) in [7, 11) is 0. The second-order valence-corrected chi connectivity index (χ2v) is 8.77. The lowest BCUT2D eigenvalue weighted by Crippen LogP contribution is -2.16.